The minimum absolute atomic E-state index is 0.0715. The van der Waals surface area contributed by atoms with Crippen molar-refractivity contribution in [1.29, 1.82) is 0 Å². The van der Waals surface area contributed by atoms with Gasteiger partial charge in [-0.25, -0.2) is 0 Å². The van der Waals surface area contributed by atoms with Gasteiger partial charge in [0, 0.05) is 12.0 Å². The molecule has 2 heteroatoms. The van der Waals surface area contributed by atoms with Crippen LogP contribution >= 0.6 is 11.3 Å². The number of carbonyl (C=O) groups excluding carboxylic acids is 1. The summed E-state index contributed by atoms with van der Waals surface area (Å²) in [7, 11) is 0. The van der Waals surface area contributed by atoms with E-state index in [1.807, 2.05) is 41.8 Å². The molecule has 78 valence electrons. The highest BCUT2D eigenvalue weighted by Gasteiger charge is 2.08. The molecule has 0 aliphatic rings. The standard InChI is InChI=1S/C14H10OS/c1-2-4-11-6-8-12(9-7-11)14(15)13-5-3-10-16-13/h1,3,5-10H,4H2. The van der Waals surface area contributed by atoms with E-state index in [0.29, 0.717) is 12.0 Å². The second-order valence-electron chi connectivity index (χ2n) is 3.38. The summed E-state index contributed by atoms with van der Waals surface area (Å²) in [4.78, 5) is 12.7. The third kappa shape index (κ3) is 2.21. The first kappa shape index (κ1) is 10.7. The smallest absolute Gasteiger partial charge is 0.202 e. The molecule has 1 nitrogen and oxygen atoms in total. The largest absolute Gasteiger partial charge is 0.288 e. The number of rotatable bonds is 3. The fourth-order valence-corrected chi connectivity index (χ4v) is 2.13. The average Bonchev–Trinajstić information content (AvgIpc) is 2.83. The van der Waals surface area contributed by atoms with Crippen molar-refractivity contribution >= 4 is 17.1 Å². The van der Waals surface area contributed by atoms with Gasteiger partial charge in [-0.3, -0.25) is 4.79 Å². The molecule has 0 aliphatic heterocycles. The summed E-state index contributed by atoms with van der Waals surface area (Å²) in [5.41, 5.74) is 1.77. The highest BCUT2D eigenvalue weighted by Crippen LogP contribution is 2.15. The number of terminal acetylenes is 1. The Bertz CT molecular complexity index is 515. The van der Waals surface area contributed by atoms with Crippen molar-refractivity contribution in [2.24, 2.45) is 0 Å². The van der Waals surface area contributed by atoms with Crippen LogP contribution in [0.1, 0.15) is 20.8 Å². The number of hydrogen-bond acceptors (Lipinski definition) is 2. The lowest BCUT2D eigenvalue weighted by atomic mass is 10.1. The van der Waals surface area contributed by atoms with Gasteiger partial charge in [-0.15, -0.1) is 23.7 Å². The first-order valence-electron chi connectivity index (χ1n) is 4.92. The zero-order valence-corrected chi connectivity index (χ0v) is 9.46. The Kier molecular flexibility index (Phi) is 3.19. The minimum Gasteiger partial charge on any atom is -0.288 e. The Labute approximate surface area is 98.7 Å². The van der Waals surface area contributed by atoms with Crippen LogP contribution in [0.15, 0.2) is 41.8 Å². The van der Waals surface area contributed by atoms with E-state index in [2.05, 4.69) is 5.92 Å². The predicted molar refractivity (Wildman–Crippen MR) is 66.7 cm³/mol. The highest BCUT2D eigenvalue weighted by atomic mass is 32.1. The van der Waals surface area contributed by atoms with Crippen LogP contribution in [0.3, 0.4) is 0 Å². The van der Waals surface area contributed by atoms with E-state index in [0.717, 1.165) is 10.4 Å². The molecular weight excluding hydrogens is 216 g/mol. The fourth-order valence-electron chi connectivity index (χ4n) is 1.44. The van der Waals surface area contributed by atoms with E-state index >= 15 is 0 Å². The lowest BCUT2D eigenvalue weighted by molar-refractivity contribution is 0.104. The van der Waals surface area contributed by atoms with Gasteiger partial charge in [0.15, 0.2) is 0 Å². The minimum atomic E-state index is 0.0715. The van der Waals surface area contributed by atoms with Gasteiger partial charge in [-0.1, -0.05) is 30.3 Å². The van der Waals surface area contributed by atoms with E-state index in [1.54, 1.807) is 0 Å². The molecular formula is C14H10OS. The lowest BCUT2D eigenvalue weighted by Gasteiger charge is -1.99. The lowest BCUT2D eigenvalue weighted by Crippen LogP contribution is -1.98. The highest BCUT2D eigenvalue weighted by molar-refractivity contribution is 7.12. The SMILES string of the molecule is C#CCc1ccc(C(=O)c2cccs2)cc1. The van der Waals surface area contributed by atoms with Crippen LogP contribution in [0, 0.1) is 12.3 Å². The molecule has 2 aromatic rings. The van der Waals surface area contributed by atoms with Crippen molar-refractivity contribution in [3.05, 3.63) is 57.8 Å². The van der Waals surface area contributed by atoms with E-state index in [-0.39, 0.29) is 5.78 Å². The van der Waals surface area contributed by atoms with Gasteiger partial charge in [0.2, 0.25) is 5.78 Å². The van der Waals surface area contributed by atoms with Crippen molar-refractivity contribution in [1.82, 2.24) is 0 Å². The molecule has 0 N–H and O–H groups in total. The summed E-state index contributed by atoms with van der Waals surface area (Å²) in [5, 5.41) is 1.90. The maximum Gasteiger partial charge on any atom is 0.202 e. The molecule has 0 unspecified atom stereocenters. The molecule has 2 rings (SSSR count). The second-order valence-corrected chi connectivity index (χ2v) is 4.33. The van der Waals surface area contributed by atoms with Crippen LogP contribution < -0.4 is 0 Å². The number of ketones is 1. The Balaban J connectivity index is 2.23. The zero-order valence-electron chi connectivity index (χ0n) is 8.64. The van der Waals surface area contributed by atoms with Crippen molar-refractivity contribution in [3.63, 3.8) is 0 Å². The molecule has 16 heavy (non-hydrogen) atoms. The first-order chi connectivity index (χ1) is 7.81. The quantitative estimate of drug-likeness (QED) is 0.580. The number of thiophene rings is 1. The molecule has 0 radical (unpaired) electrons. The third-order valence-corrected chi connectivity index (χ3v) is 3.14. The van der Waals surface area contributed by atoms with Gasteiger partial charge in [0.05, 0.1) is 4.88 Å². The van der Waals surface area contributed by atoms with E-state index < -0.39 is 0 Å². The Hall–Kier alpha value is -1.85. The van der Waals surface area contributed by atoms with Crippen LogP contribution in [0.25, 0.3) is 0 Å². The van der Waals surface area contributed by atoms with E-state index in [9.17, 15) is 4.79 Å². The molecule has 0 saturated heterocycles. The van der Waals surface area contributed by atoms with Crippen LogP contribution in [0.5, 0.6) is 0 Å². The van der Waals surface area contributed by atoms with Crippen LogP contribution in [0.2, 0.25) is 0 Å². The monoisotopic (exact) mass is 226 g/mol. The molecule has 1 aromatic carbocycles. The molecule has 0 atom stereocenters. The average molecular weight is 226 g/mol. The van der Waals surface area contributed by atoms with Crippen molar-refractivity contribution in [2.75, 3.05) is 0 Å². The van der Waals surface area contributed by atoms with Gasteiger partial charge in [0.1, 0.15) is 0 Å². The fraction of sp³-hybridized carbons (Fsp3) is 0.0714. The van der Waals surface area contributed by atoms with Gasteiger partial charge in [-0.05, 0) is 17.0 Å². The summed E-state index contributed by atoms with van der Waals surface area (Å²) in [6.45, 7) is 0. The maximum absolute atomic E-state index is 11.9. The van der Waals surface area contributed by atoms with Crippen LogP contribution in [-0.4, -0.2) is 5.78 Å². The number of carbonyl (C=O) groups is 1. The molecule has 0 amide bonds. The molecule has 0 bridgehead atoms. The summed E-state index contributed by atoms with van der Waals surface area (Å²) in [6.07, 6.45) is 5.82. The zero-order chi connectivity index (χ0) is 11.4. The Morgan fingerprint density at radius 1 is 1.25 bits per heavy atom. The van der Waals surface area contributed by atoms with Gasteiger partial charge in [-0.2, -0.15) is 0 Å². The van der Waals surface area contributed by atoms with Gasteiger partial charge in [0.25, 0.3) is 0 Å². The topological polar surface area (TPSA) is 17.1 Å². The molecule has 1 heterocycles. The summed E-state index contributed by atoms with van der Waals surface area (Å²) in [6, 6.07) is 11.2. The molecule has 0 spiro atoms. The van der Waals surface area contributed by atoms with Crippen molar-refractivity contribution in [3.8, 4) is 12.3 Å². The molecule has 0 fully saturated rings. The van der Waals surface area contributed by atoms with Crippen molar-refractivity contribution in [2.45, 2.75) is 6.42 Å². The van der Waals surface area contributed by atoms with Gasteiger partial charge < -0.3 is 0 Å². The number of benzene rings is 1. The van der Waals surface area contributed by atoms with E-state index in [1.165, 1.54) is 11.3 Å². The third-order valence-electron chi connectivity index (χ3n) is 2.27. The molecule has 0 aliphatic carbocycles. The van der Waals surface area contributed by atoms with Gasteiger partial charge >= 0.3 is 0 Å². The Morgan fingerprint density at radius 3 is 2.56 bits per heavy atom. The maximum atomic E-state index is 11.9. The Morgan fingerprint density at radius 2 is 2.00 bits per heavy atom. The van der Waals surface area contributed by atoms with E-state index in [4.69, 9.17) is 6.42 Å². The normalized spacial score (nSPS) is 9.69. The van der Waals surface area contributed by atoms with Crippen LogP contribution in [0.4, 0.5) is 0 Å². The summed E-state index contributed by atoms with van der Waals surface area (Å²) < 4.78 is 0. The number of hydrogen-bond donors (Lipinski definition) is 0. The predicted octanol–water partition coefficient (Wildman–Crippen LogP) is 3.15. The molecule has 0 saturated carbocycles. The summed E-state index contributed by atoms with van der Waals surface area (Å²) >= 11 is 1.46. The molecule has 1 aromatic heterocycles. The van der Waals surface area contributed by atoms with Crippen LogP contribution in [-0.2, 0) is 6.42 Å². The second kappa shape index (κ2) is 4.78. The van der Waals surface area contributed by atoms with Crippen molar-refractivity contribution < 1.29 is 4.79 Å². The summed E-state index contributed by atoms with van der Waals surface area (Å²) in [5.74, 6) is 2.65. The first-order valence-corrected chi connectivity index (χ1v) is 5.80.